The van der Waals surface area contributed by atoms with Gasteiger partial charge in [0.15, 0.2) is 0 Å². The molecule has 5 aliphatic rings. The molecule has 1 aliphatic heterocycles. The number of piperazine rings is 1. The predicted molar refractivity (Wildman–Crippen MR) is 141 cm³/mol. The topological polar surface area (TPSA) is 82.6 Å². The van der Waals surface area contributed by atoms with Crippen LogP contribution in [0.15, 0.2) is 24.4 Å². The molecule has 4 bridgehead atoms. The van der Waals surface area contributed by atoms with Gasteiger partial charge in [-0.15, -0.1) is 0 Å². The van der Waals surface area contributed by atoms with E-state index in [0.29, 0.717) is 35.5 Å². The quantitative estimate of drug-likeness (QED) is 0.240. The van der Waals surface area contributed by atoms with E-state index in [4.69, 9.17) is 16.3 Å². The molecule has 2 heterocycles. The smallest absolute Gasteiger partial charge is 0.420 e. The number of carbonyl (C=O) groups excluding carboxylic acids is 1. The predicted octanol–water partition coefficient (Wildman–Crippen LogP) is 4.63. The number of ether oxygens (including phenoxy) is 1. The van der Waals surface area contributed by atoms with Crippen LogP contribution in [0.1, 0.15) is 37.7 Å². The minimum atomic E-state index is -4.62. The number of halogens is 4. The number of nitrogens with one attached hydrogen (secondary N) is 2. The van der Waals surface area contributed by atoms with Gasteiger partial charge < -0.3 is 25.1 Å². The summed E-state index contributed by atoms with van der Waals surface area (Å²) in [6, 6.07) is 6.27. The van der Waals surface area contributed by atoms with Crippen LogP contribution in [0.2, 0.25) is 5.15 Å². The molecule has 2 aromatic rings. The van der Waals surface area contributed by atoms with Gasteiger partial charge in [-0.2, -0.15) is 19.6 Å². The first kappa shape index (κ1) is 27.8. The second-order valence-corrected chi connectivity index (χ2v) is 11.8. The number of benzene rings is 1. The second kappa shape index (κ2) is 10.3. The summed E-state index contributed by atoms with van der Waals surface area (Å²) in [5.74, 6) is 2.47. The molecule has 2 atom stereocenters. The van der Waals surface area contributed by atoms with Gasteiger partial charge in [0.1, 0.15) is 16.5 Å². The molecule has 13 heteroatoms. The van der Waals surface area contributed by atoms with Crippen LogP contribution < -0.4 is 20.3 Å². The van der Waals surface area contributed by atoms with Crippen LogP contribution in [0.5, 0.6) is 5.75 Å². The molecule has 5 fully saturated rings. The second-order valence-electron chi connectivity index (χ2n) is 11.4. The maximum absolute atomic E-state index is 13.0. The van der Waals surface area contributed by atoms with Gasteiger partial charge in [-0.3, -0.25) is 4.90 Å². The van der Waals surface area contributed by atoms with E-state index in [1.54, 1.807) is 7.11 Å². The van der Waals surface area contributed by atoms with Crippen molar-refractivity contribution in [3.63, 3.8) is 0 Å². The Balaban J connectivity index is 0.00000323. The summed E-state index contributed by atoms with van der Waals surface area (Å²) >= 11 is 5.74. The van der Waals surface area contributed by atoms with Crippen LogP contribution in [-0.2, 0) is 11.0 Å². The van der Waals surface area contributed by atoms with Gasteiger partial charge in [0.2, 0.25) is 5.95 Å². The van der Waals surface area contributed by atoms with E-state index in [-0.39, 0.29) is 11.5 Å². The van der Waals surface area contributed by atoms with E-state index >= 15 is 0 Å². The van der Waals surface area contributed by atoms with Crippen molar-refractivity contribution in [3.05, 3.63) is 35.1 Å². The molecule has 1 aromatic heterocycles. The molecular formula is C27H31ClF3FmN6O2-. The Morgan fingerprint density at radius 1 is 1.12 bits per heavy atom. The van der Waals surface area contributed by atoms with Crippen LogP contribution in [0, 0.1) is 17.8 Å². The molecule has 7 rings (SSSR count). The Bertz CT molecular complexity index is 1230. The number of amides is 1. The Labute approximate surface area is 230 Å². The third-order valence-corrected chi connectivity index (χ3v) is 9.41. The first-order valence-electron chi connectivity index (χ1n) is 13.4. The van der Waals surface area contributed by atoms with Gasteiger partial charge in [-0.25, -0.2) is 9.97 Å². The Morgan fingerprint density at radius 3 is 2.42 bits per heavy atom. The number of hydrogen-bond donors (Lipinski definition) is 2. The SMILES string of the molecule is COc1cc(N2CCN(C3C4CC5CC3CC(N[C-]=O)(C5)C4)CC2)ccc1Nc1ncc(C(F)(F)F)c(Cl)n1.[Fm]. The molecule has 222 valence electrons. The van der Waals surface area contributed by atoms with Crippen molar-refractivity contribution >= 4 is 35.3 Å². The fraction of sp³-hybridized carbons (Fsp3) is 0.593. The van der Waals surface area contributed by atoms with Crippen molar-refractivity contribution in [2.24, 2.45) is 17.8 Å². The normalized spacial score (nSPS) is 29.6. The van der Waals surface area contributed by atoms with Crippen molar-refractivity contribution in [1.82, 2.24) is 20.2 Å². The molecule has 40 heavy (non-hydrogen) atoms. The maximum Gasteiger partial charge on any atom is 0.420 e. The van der Waals surface area contributed by atoms with Gasteiger partial charge in [-0.05, 0) is 62.0 Å². The summed E-state index contributed by atoms with van der Waals surface area (Å²) in [5, 5.41) is 5.32. The van der Waals surface area contributed by atoms with Gasteiger partial charge in [0.25, 0.3) is 0 Å². The first-order valence-corrected chi connectivity index (χ1v) is 13.7. The monoisotopic (exact) mass is 820 g/mol. The molecule has 0 spiro atoms. The van der Waals surface area contributed by atoms with Gasteiger partial charge in [-0.1, -0.05) is 11.6 Å². The summed E-state index contributed by atoms with van der Waals surface area (Å²) in [4.78, 5) is 23.7. The number of anilines is 3. The van der Waals surface area contributed by atoms with Gasteiger partial charge in [0.05, 0.1) is 12.8 Å². The van der Waals surface area contributed by atoms with Crippen molar-refractivity contribution in [1.29, 1.82) is 0 Å². The first-order chi connectivity index (χ1) is 18.7. The summed E-state index contributed by atoms with van der Waals surface area (Å²) in [6.45, 7) is 3.72. The standard InChI is InChI=1S/C27H31ClF3N6O2.Fm/c1-39-22-10-19(2-3-21(22)34-25-32-14-20(24(28)35-25)27(29,30)31)36-4-6-37(7-5-36)23-17-8-16-9-18(23)13-26(11-16,12-17)33-15-38;/h2-3,10,14,16-18,23H,4-9,11-13H2,1H3,(H,33,38)(H,32,34,35);/q-1;. The van der Waals surface area contributed by atoms with Crippen molar-refractivity contribution in [3.8, 4) is 5.75 Å². The van der Waals surface area contributed by atoms with Crippen LogP contribution in [0.25, 0.3) is 0 Å². The summed E-state index contributed by atoms with van der Waals surface area (Å²) < 4.78 is 44.5. The van der Waals surface area contributed by atoms with Crippen molar-refractivity contribution in [2.75, 3.05) is 43.5 Å². The van der Waals surface area contributed by atoms with Crippen LogP contribution >= 0.6 is 11.6 Å². The number of alkyl halides is 3. The average molecular weight is 821 g/mol. The number of hydrogen-bond acceptors (Lipinski definition) is 7. The zero-order valence-corrected chi connectivity index (χ0v) is 25.0. The molecule has 2 N–H and O–H groups in total. The van der Waals surface area contributed by atoms with Crippen LogP contribution in [0.4, 0.5) is 30.5 Å². The summed E-state index contributed by atoms with van der Waals surface area (Å²) in [5.41, 5.74) is 0.428. The molecule has 4 saturated carbocycles. The third kappa shape index (κ3) is 4.96. The molecule has 1 amide bonds. The maximum atomic E-state index is 13.0. The Hall–Kier alpha value is -3.79. The summed E-state index contributed by atoms with van der Waals surface area (Å²) in [6.07, 6.45) is 3.82. The minimum absolute atomic E-state index is 0. The fourth-order valence-corrected chi connectivity index (χ4v) is 8.08. The largest absolute Gasteiger partial charge is 0.525 e. The average Bonchev–Trinajstić information content (AvgIpc) is 2.88. The van der Waals surface area contributed by atoms with E-state index in [9.17, 15) is 18.0 Å². The Morgan fingerprint density at radius 2 is 1.82 bits per heavy atom. The number of nitrogens with zero attached hydrogens (tertiary/aromatic N) is 4. The molecule has 4 aliphatic carbocycles. The number of aromatic nitrogens is 2. The zero-order chi connectivity index (χ0) is 27.4. The molecule has 8 nitrogen and oxygen atoms in total. The van der Waals surface area contributed by atoms with Gasteiger partial charge >= 0.3 is 6.18 Å². The van der Waals surface area contributed by atoms with Crippen LogP contribution in [0.3, 0.4) is 0 Å². The van der Waals surface area contributed by atoms with Crippen molar-refractivity contribution < 1.29 is 22.7 Å². The van der Waals surface area contributed by atoms with Crippen LogP contribution in [-0.4, -0.2) is 66.1 Å². The zero-order valence-electron chi connectivity index (χ0n) is 21.9. The molecule has 1 saturated heterocycles. The van der Waals surface area contributed by atoms with Crippen molar-refractivity contribution in [2.45, 2.75) is 49.9 Å². The number of rotatable bonds is 7. The van der Waals surface area contributed by atoms with E-state index in [2.05, 4.69) is 30.4 Å². The Kier molecular flexibility index (Phi) is 7.16. The fourth-order valence-electron chi connectivity index (χ4n) is 7.85. The van der Waals surface area contributed by atoms with E-state index < -0.39 is 16.9 Å². The van der Waals surface area contributed by atoms with Gasteiger partial charge in [0, 0.05) is 55.7 Å². The summed E-state index contributed by atoms with van der Waals surface area (Å²) in [7, 11) is 1.54. The molecule has 0 radical (unpaired) electrons. The number of methoxy groups -OCH3 is 1. The minimum Gasteiger partial charge on any atom is -0.525 e. The molecule has 1 aromatic carbocycles. The van der Waals surface area contributed by atoms with E-state index in [0.717, 1.165) is 57.0 Å². The van der Waals surface area contributed by atoms with E-state index in [1.807, 2.05) is 24.6 Å². The third-order valence-electron chi connectivity index (χ3n) is 9.12. The van der Waals surface area contributed by atoms with E-state index in [1.165, 1.54) is 12.8 Å². The molecule has 2 unspecified atom stereocenters. The molecular weight excluding hydrogens is 790 g/mol.